The molecule has 0 amide bonds. The molecule has 0 saturated heterocycles. The van der Waals surface area contributed by atoms with Gasteiger partial charge in [0.1, 0.15) is 12.3 Å². The monoisotopic (exact) mass is 434 g/mol. The number of alkyl halides is 1. The van der Waals surface area contributed by atoms with Crippen LogP contribution in [0.2, 0.25) is 0 Å². The Morgan fingerprint density at radius 1 is 1.29 bits per heavy atom. The molecule has 0 aliphatic heterocycles. The number of aliphatic hydroxyl groups excluding tert-OH is 2. The second-order valence-corrected chi connectivity index (χ2v) is 10.6. The van der Waals surface area contributed by atoms with Crippen LogP contribution in [0.4, 0.5) is 4.39 Å². The van der Waals surface area contributed by atoms with E-state index in [4.69, 9.17) is 5.11 Å². The number of allylic oxidation sites excluding steroid dienone is 4. The fourth-order valence-corrected chi connectivity index (χ4v) is 7.78. The van der Waals surface area contributed by atoms with Gasteiger partial charge in [-0.25, -0.2) is 4.39 Å². The summed E-state index contributed by atoms with van der Waals surface area (Å²) >= 11 is 0. The van der Waals surface area contributed by atoms with Crippen molar-refractivity contribution in [3.05, 3.63) is 23.8 Å². The molecule has 3 fully saturated rings. The number of hydrogen-bond donors (Lipinski definition) is 3. The first-order valence-corrected chi connectivity index (χ1v) is 11.1. The number of halogens is 1. The average Bonchev–Trinajstić information content (AvgIpc) is 2.91. The first kappa shape index (κ1) is 22.3. The van der Waals surface area contributed by atoms with E-state index in [1.165, 1.54) is 12.2 Å². The largest absolute Gasteiger partial charge is 0.481 e. The summed E-state index contributed by atoms with van der Waals surface area (Å²) in [5, 5.41) is 30.5. The van der Waals surface area contributed by atoms with Gasteiger partial charge in [-0.15, -0.1) is 0 Å². The minimum Gasteiger partial charge on any atom is -0.481 e. The summed E-state index contributed by atoms with van der Waals surface area (Å²) in [6, 6.07) is 0. The minimum atomic E-state index is -1.59. The van der Waals surface area contributed by atoms with E-state index in [1.54, 1.807) is 6.08 Å². The number of hydrogen-bond acceptors (Lipinski definition) is 5. The zero-order valence-corrected chi connectivity index (χ0v) is 18.1. The van der Waals surface area contributed by atoms with Crippen molar-refractivity contribution in [2.45, 2.75) is 64.8 Å². The van der Waals surface area contributed by atoms with E-state index in [1.807, 2.05) is 20.8 Å². The van der Waals surface area contributed by atoms with Gasteiger partial charge in [-0.2, -0.15) is 0 Å². The van der Waals surface area contributed by atoms with Crippen LogP contribution < -0.4 is 0 Å². The fraction of sp³-hybridized carbons (Fsp3) is 0.708. The standard InChI is InChI=1S/C24H31FO6/c1-11-6-14-13-8-16(25)15-7-12(26)4-5-23(15,2)21(13)18(28)10-24(14,3)20(11)22(31)17(27)9-19(29)30/h4-5,7,11,13-14,16-18,20-21,27-28H,6,8-10H2,1-3H3,(H,29,30)/t11-,13+,14+,16+,17?,18+,20-,21-,23+,24+/m1/s1. The summed E-state index contributed by atoms with van der Waals surface area (Å²) in [5.41, 5.74) is -0.979. The van der Waals surface area contributed by atoms with E-state index in [2.05, 4.69) is 0 Å². The molecule has 4 aliphatic carbocycles. The van der Waals surface area contributed by atoms with Gasteiger partial charge >= 0.3 is 5.97 Å². The van der Waals surface area contributed by atoms with E-state index in [0.29, 0.717) is 18.4 Å². The SMILES string of the molecule is C[C@@H]1C[C@H]2[C@@H]3C[C@H](F)C4=CC(=O)C=C[C@]4(C)[C@H]3[C@@H](O)C[C@]2(C)[C@H]1C(=O)C(O)CC(=O)O. The van der Waals surface area contributed by atoms with Crippen LogP contribution in [0.25, 0.3) is 0 Å². The highest BCUT2D eigenvalue weighted by molar-refractivity contribution is 6.01. The lowest BCUT2D eigenvalue weighted by atomic mass is 9.46. The van der Waals surface area contributed by atoms with Gasteiger partial charge in [-0.1, -0.05) is 26.8 Å². The normalized spacial score (nSPS) is 47.1. The Labute approximate surface area is 181 Å². The average molecular weight is 435 g/mol. The molecule has 0 bridgehead atoms. The molecule has 0 aromatic carbocycles. The third-order valence-corrected chi connectivity index (χ3v) is 8.82. The molecule has 0 aromatic rings. The topological polar surface area (TPSA) is 112 Å². The van der Waals surface area contributed by atoms with Crippen molar-refractivity contribution in [1.29, 1.82) is 0 Å². The molecule has 0 aromatic heterocycles. The van der Waals surface area contributed by atoms with Crippen molar-refractivity contribution in [3.8, 4) is 0 Å². The number of rotatable bonds is 4. The third kappa shape index (κ3) is 3.23. The first-order chi connectivity index (χ1) is 14.4. The maximum absolute atomic E-state index is 15.3. The number of ketones is 2. The summed E-state index contributed by atoms with van der Waals surface area (Å²) in [6.45, 7) is 5.73. The summed E-state index contributed by atoms with van der Waals surface area (Å²) in [4.78, 5) is 36.0. The Morgan fingerprint density at radius 2 is 1.97 bits per heavy atom. The highest BCUT2D eigenvalue weighted by atomic mass is 19.1. The molecule has 170 valence electrons. The Hall–Kier alpha value is -1.86. The lowest BCUT2D eigenvalue weighted by molar-refractivity contribution is -0.153. The predicted octanol–water partition coefficient (Wildman–Crippen LogP) is 2.48. The molecule has 1 unspecified atom stereocenters. The summed E-state index contributed by atoms with van der Waals surface area (Å²) < 4.78 is 15.3. The maximum atomic E-state index is 15.3. The van der Waals surface area contributed by atoms with Gasteiger partial charge in [0.15, 0.2) is 11.6 Å². The molecule has 0 spiro atoms. The zero-order valence-electron chi connectivity index (χ0n) is 18.1. The van der Waals surface area contributed by atoms with Crippen molar-refractivity contribution in [1.82, 2.24) is 0 Å². The van der Waals surface area contributed by atoms with Crippen molar-refractivity contribution >= 4 is 17.5 Å². The number of carboxylic acid groups (broad SMARTS) is 1. The number of carbonyl (C=O) groups is 3. The Bertz CT molecular complexity index is 879. The van der Waals surface area contributed by atoms with Gasteiger partial charge < -0.3 is 15.3 Å². The molecule has 31 heavy (non-hydrogen) atoms. The van der Waals surface area contributed by atoms with Gasteiger partial charge in [0.25, 0.3) is 0 Å². The lowest BCUT2D eigenvalue weighted by Crippen LogP contribution is -2.58. The number of aliphatic hydroxyl groups is 2. The Kier molecular flexibility index (Phi) is 5.29. The van der Waals surface area contributed by atoms with Gasteiger partial charge in [0.2, 0.25) is 0 Å². The van der Waals surface area contributed by atoms with E-state index in [0.717, 1.165) is 0 Å². The zero-order chi connectivity index (χ0) is 22.9. The van der Waals surface area contributed by atoms with Crippen LogP contribution in [0.3, 0.4) is 0 Å². The van der Waals surface area contributed by atoms with Crippen molar-refractivity contribution in [2.24, 2.45) is 40.4 Å². The molecular weight excluding hydrogens is 403 g/mol. The van der Waals surface area contributed by atoms with Crippen LogP contribution in [0.5, 0.6) is 0 Å². The number of fused-ring (bicyclic) bond motifs is 5. The molecule has 0 radical (unpaired) electrons. The van der Waals surface area contributed by atoms with E-state index >= 15 is 4.39 Å². The molecule has 10 atom stereocenters. The van der Waals surface area contributed by atoms with Gasteiger partial charge in [-0.05, 0) is 60.2 Å². The van der Waals surface area contributed by atoms with Crippen molar-refractivity contribution < 1.29 is 34.1 Å². The van der Waals surface area contributed by atoms with Crippen molar-refractivity contribution in [3.63, 3.8) is 0 Å². The molecule has 0 heterocycles. The van der Waals surface area contributed by atoms with Crippen LogP contribution in [0.15, 0.2) is 23.8 Å². The highest BCUT2D eigenvalue weighted by Crippen LogP contribution is 2.67. The Morgan fingerprint density at radius 3 is 2.61 bits per heavy atom. The molecule has 4 rings (SSSR count). The lowest BCUT2D eigenvalue weighted by Gasteiger charge is -2.59. The van der Waals surface area contributed by atoms with Crippen LogP contribution in [-0.2, 0) is 14.4 Å². The van der Waals surface area contributed by atoms with Gasteiger partial charge in [0.05, 0.1) is 12.5 Å². The highest BCUT2D eigenvalue weighted by Gasteiger charge is 2.65. The maximum Gasteiger partial charge on any atom is 0.306 e. The second kappa shape index (κ2) is 7.34. The number of carbonyl (C=O) groups excluding carboxylic acids is 2. The van der Waals surface area contributed by atoms with Crippen LogP contribution in [-0.4, -0.2) is 51.2 Å². The van der Waals surface area contributed by atoms with Gasteiger partial charge in [-0.3, -0.25) is 14.4 Å². The number of Topliss-reactive ketones (excluding diaryl/α,β-unsaturated/α-hetero) is 1. The molecule has 3 N–H and O–H groups in total. The van der Waals surface area contributed by atoms with Crippen LogP contribution in [0.1, 0.15) is 46.5 Å². The molecular formula is C24H31FO6. The first-order valence-electron chi connectivity index (χ1n) is 11.1. The second-order valence-electron chi connectivity index (χ2n) is 10.6. The number of aliphatic carboxylic acids is 1. The molecule has 6 nitrogen and oxygen atoms in total. The molecule has 4 aliphatic rings. The van der Waals surface area contributed by atoms with E-state index in [9.17, 15) is 24.6 Å². The number of carboxylic acids is 1. The summed E-state index contributed by atoms with van der Waals surface area (Å²) in [5.74, 6) is -3.15. The summed E-state index contributed by atoms with van der Waals surface area (Å²) in [6.07, 6.45) is 1.39. The summed E-state index contributed by atoms with van der Waals surface area (Å²) in [7, 11) is 0. The van der Waals surface area contributed by atoms with E-state index < -0.39 is 53.3 Å². The fourth-order valence-electron chi connectivity index (χ4n) is 7.78. The molecule has 3 saturated carbocycles. The van der Waals surface area contributed by atoms with Crippen molar-refractivity contribution in [2.75, 3.05) is 0 Å². The van der Waals surface area contributed by atoms with Crippen LogP contribution in [0, 0.1) is 40.4 Å². The quantitative estimate of drug-likeness (QED) is 0.627. The van der Waals surface area contributed by atoms with Gasteiger partial charge in [0, 0.05) is 17.3 Å². The predicted molar refractivity (Wildman–Crippen MR) is 110 cm³/mol. The minimum absolute atomic E-state index is 0.0375. The smallest absolute Gasteiger partial charge is 0.306 e. The Balaban J connectivity index is 1.70. The molecule has 7 heteroatoms. The van der Waals surface area contributed by atoms with Crippen LogP contribution >= 0.6 is 0 Å². The third-order valence-electron chi connectivity index (χ3n) is 8.82. The van der Waals surface area contributed by atoms with E-state index in [-0.39, 0.29) is 35.9 Å².